The lowest BCUT2D eigenvalue weighted by Crippen LogP contribution is -2.79. The molecule has 0 radical (unpaired) electrons. The number of Topliss-reactive ketones (excluding diaryl/α,β-unsaturated/α-hetero) is 2. The molecule has 8 heteroatoms. The fraction of sp³-hybridized carbons (Fsp3) is 0.667. The minimum absolute atomic E-state index is 0.125. The number of carbonyl (C=O) groups excluding carboxylic acids is 3. The summed E-state index contributed by atoms with van der Waals surface area (Å²) < 4.78 is 0. The van der Waals surface area contributed by atoms with Gasteiger partial charge in [-0.1, -0.05) is 47.1 Å². The van der Waals surface area contributed by atoms with Crippen molar-refractivity contribution in [2.75, 3.05) is 0 Å². The number of hydrogen-bond donors (Lipinski definition) is 5. The average Bonchev–Trinajstić information content (AvgIpc) is 2.72. The standard InChI is InChI=1S/C27H37NO7/c1-6-7-13-8-9-15(29)16-14(13)10-25(4)11-26(5)18(12(2)3)21(31)17(24(28)34)22(32)27(26,35)23(33)19(25)20(16)30/h8-9,12,17-19,21,23,29,31,33,35H,6-7,10-11H2,1-5H3,(H2,28,34)/t17-,18+,19-,21?,23?,25-,26-,27+/m1/s1. The van der Waals surface area contributed by atoms with E-state index in [1.54, 1.807) is 6.92 Å². The predicted molar refractivity (Wildman–Crippen MR) is 127 cm³/mol. The lowest BCUT2D eigenvalue weighted by Gasteiger charge is -2.66. The normalized spacial score (nSPS) is 40.8. The highest BCUT2D eigenvalue weighted by atomic mass is 16.4. The van der Waals surface area contributed by atoms with Gasteiger partial charge in [-0.15, -0.1) is 0 Å². The molecule has 0 bridgehead atoms. The lowest BCUT2D eigenvalue weighted by molar-refractivity contribution is -0.265. The van der Waals surface area contributed by atoms with E-state index in [1.807, 2.05) is 33.8 Å². The van der Waals surface area contributed by atoms with Crippen molar-refractivity contribution in [2.24, 2.45) is 40.2 Å². The first-order chi connectivity index (χ1) is 16.2. The lowest BCUT2D eigenvalue weighted by atomic mass is 9.39. The third-order valence-electron chi connectivity index (χ3n) is 9.28. The highest BCUT2D eigenvalue weighted by Gasteiger charge is 2.75. The summed E-state index contributed by atoms with van der Waals surface area (Å²) in [5.41, 5.74) is 2.60. The molecule has 2 unspecified atom stereocenters. The van der Waals surface area contributed by atoms with Gasteiger partial charge >= 0.3 is 0 Å². The maximum atomic E-state index is 13.9. The van der Waals surface area contributed by atoms with Crippen molar-refractivity contribution in [3.05, 3.63) is 28.8 Å². The van der Waals surface area contributed by atoms with Crippen molar-refractivity contribution in [1.29, 1.82) is 0 Å². The Balaban J connectivity index is 1.96. The Kier molecular flexibility index (Phi) is 5.98. The molecular weight excluding hydrogens is 450 g/mol. The van der Waals surface area contributed by atoms with Crippen molar-refractivity contribution in [3.63, 3.8) is 0 Å². The van der Waals surface area contributed by atoms with Crippen molar-refractivity contribution in [3.8, 4) is 5.75 Å². The minimum Gasteiger partial charge on any atom is -0.507 e. The number of amides is 1. The third kappa shape index (κ3) is 3.19. The minimum atomic E-state index is -2.48. The van der Waals surface area contributed by atoms with Gasteiger partial charge in [0.25, 0.3) is 0 Å². The first-order valence-corrected chi connectivity index (χ1v) is 12.5. The van der Waals surface area contributed by atoms with E-state index in [2.05, 4.69) is 0 Å². The smallest absolute Gasteiger partial charge is 0.230 e. The Morgan fingerprint density at radius 2 is 1.83 bits per heavy atom. The van der Waals surface area contributed by atoms with Crippen LogP contribution >= 0.6 is 0 Å². The maximum absolute atomic E-state index is 13.9. The number of nitrogens with two attached hydrogens (primary N) is 1. The molecule has 8 atom stereocenters. The monoisotopic (exact) mass is 487 g/mol. The molecule has 0 aliphatic heterocycles. The van der Waals surface area contributed by atoms with E-state index >= 15 is 0 Å². The van der Waals surface area contributed by atoms with Crippen molar-refractivity contribution < 1.29 is 34.8 Å². The fourth-order valence-electron chi connectivity index (χ4n) is 8.10. The number of aliphatic hydroxyl groups is 3. The van der Waals surface area contributed by atoms with Crippen LogP contribution in [0.3, 0.4) is 0 Å². The fourth-order valence-corrected chi connectivity index (χ4v) is 8.10. The van der Waals surface area contributed by atoms with Gasteiger partial charge in [0, 0.05) is 5.41 Å². The van der Waals surface area contributed by atoms with Crippen LogP contribution in [0.1, 0.15) is 68.9 Å². The molecular formula is C27H37NO7. The van der Waals surface area contributed by atoms with Crippen LogP contribution in [0.5, 0.6) is 5.75 Å². The molecule has 0 spiro atoms. The number of phenolic OH excluding ortho intramolecular Hbond substituents is 1. The van der Waals surface area contributed by atoms with Gasteiger partial charge in [-0.3, -0.25) is 14.4 Å². The van der Waals surface area contributed by atoms with Crippen LogP contribution in [-0.4, -0.2) is 55.7 Å². The number of aryl methyl sites for hydroxylation is 1. The number of rotatable bonds is 4. The second kappa shape index (κ2) is 8.11. The predicted octanol–water partition coefficient (Wildman–Crippen LogP) is 1.53. The first-order valence-electron chi connectivity index (χ1n) is 12.5. The topological polar surface area (TPSA) is 158 Å². The summed E-state index contributed by atoms with van der Waals surface area (Å²) in [6.45, 7) is 9.20. The molecule has 3 aliphatic rings. The van der Waals surface area contributed by atoms with Crippen LogP contribution in [0.4, 0.5) is 0 Å². The Labute approximate surface area is 205 Å². The van der Waals surface area contributed by atoms with Gasteiger partial charge in [0.15, 0.2) is 17.2 Å². The van der Waals surface area contributed by atoms with E-state index in [0.29, 0.717) is 12.8 Å². The van der Waals surface area contributed by atoms with E-state index in [0.717, 1.165) is 17.5 Å². The molecule has 3 aliphatic carbocycles. The second-order valence-corrected chi connectivity index (χ2v) is 11.8. The van der Waals surface area contributed by atoms with Crippen molar-refractivity contribution in [1.82, 2.24) is 0 Å². The zero-order chi connectivity index (χ0) is 26.2. The zero-order valence-electron chi connectivity index (χ0n) is 21.0. The van der Waals surface area contributed by atoms with Gasteiger partial charge in [0.2, 0.25) is 5.91 Å². The van der Waals surface area contributed by atoms with Crippen LogP contribution < -0.4 is 5.73 Å². The van der Waals surface area contributed by atoms with Gasteiger partial charge in [-0.2, -0.15) is 0 Å². The maximum Gasteiger partial charge on any atom is 0.230 e. The molecule has 0 heterocycles. The first kappa shape index (κ1) is 25.8. The second-order valence-electron chi connectivity index (χ2n) is 11.8. The average molecular weight is 488 g/mol. The third-order valence-corrected chi connectivity index (χ3v) is 9.28. The molecule has 2 fully saturated rings. The largest absolute Gasteiger partial charge is 0.507 e. The molecule has 1 aromatic rings. The molecule has 1 amide bonds. The Morgan fingerprint density at radius 3 is 2.37 bits per heavy atom. The van der Waals surface area contributed by atoms with Crippen LogP contribution in [0, 0.1) is 34.5 Å². The highest BCUT2D eigenvalue weighted by molar-refractivity contribution is 6.09. The number of aromatic hydroxyl groups is 1. The summed E-state index contributed by atoms with van der Waals surface area (Å²) in [6, 6.07) is 3.28. The van der Waals surface area contributed by atoms with Crippen LogP contribution in [-0.2, 0) is 22.4 Å². The summed E-state index contributed by atoms with van der Waals surface area (Å²) in [4.78, 5) is 39.7. The number of hydrogen-bond acceptors (Lipinski definition) is 7. The number of benzene rings is 1. The summed E-state index contributed by atoms with van der Waals surface area (Å²) in [6.07, 6.45) is -1.20. The number of aliphatic hydroxyl groups excluding tert-OH is 2. The van der Waals surface area contributed by atoms with Crippen LogP contribution in [0.2, 0.25) is 0 Å². The van der Waals surface area contributed by atoms with Crippen LogP contribution in [0.25, 0.3) is 0 Å². The van der Waals surface area contributed by atoms with Crippen LogP contribution in [0.15, 0.2) is 12.1 Å². The van der Waals surface area contributed by atoms with Gasteiger partial charge in [0.1, 0.15) is 17.8 Å². The van der Waals surface area contributed by atoms with Crippen molar-refractivity contribution in [2.45, 2.75) is 78.1 Å². The number of fused-ring (bicyclic) bond motifs is 3. The molecule has 35 heavy (non-hydrogen) atoms. The number of primary amides is 1. The van der Waals surface area contributed by atoms with Gasteiger partial charge in [0.05, 0.1) is 17.6 Å². The zero-order valence-corrected chi connectivity index (χ0v) is 21.0. The van der Waals surface area contributed by atoms with E-state index in [4.69, 9.17) is 5.73 Å². The Bertz CT molecular complexity index is 1100. The Morgan fingerprint density at radius 1 is 1.20 bits per heavy atom. The Hall–Kier alpha value is -2.29. The van der Waals surface area contributed by atoms with E-state index in [1.165, 1.54) is 6.07 Å². The summed E-state index contributed by atoms with van der Waals surface area (Å²) in [7, 11) is 0. The van der Waals surface area contributed by atoms with E-state index in [9.17, 15) is 34.8 Å². The molecule has 0 saturated heterocycles. The molecule has 8 nitrogen and oxygen atoms in total. The summed E-state index contributed by atoms with van der Waals surface area (Å²) in [5, 5.41) is 45.5. The number of carbonyl (C=O) groups is 3. The van der Waals surface area contributed by atoms with E-state index in [-0.39, 0.29) is 23.7 Å². The van der Waals surface area contributed by atoms with Gasteiger partial charge in [-0.25, -0.2) is 0 Å². The quantitative estimate of drug-likeness (QED) is 0.403. The molecule has 0 aromatic heterocycles. The molecule has 192 valence electrons. The van der Waals surface area contributed by atoms with Crippen molar-refractivity contribution >= 4 is 17.5 Å². The highest BCUT2D eigenvalue weighted by Crippen LogP contribution is 2.65. The SMILES string of the molecule is CCCc1ccc(O)c2c1C[C@]1(C)C[C@]3(C)[C@@H](C(C)C)C(O)[C@@H](C(N)=O)C(=O)[C@]3(O)C(O)[C@H]1C2=O. The molecule has 1 aromatic carbocycles. The molecule has 6 N–H and O–H groups in total. The summed E-state index contributed by atoms with van der Waals surface area (Å²) in [5.74, 6) is -6.74. The number of phenols is 1. The van der Waals surface area contributed by atoms with Gasteiger partial charge < -0.3 is 26.2 Å². The van der Waals surface area contributed by atoms with Gasteiger partial charge in [-0.05, 0) is 53.7 Å². The van der Waals surface area contributed by atoms with E-state index < -0.39 is 63.9 Å². The summed E-state index contributed by atoms with van der Waals surface area (Å²) >= 11 is 0. The molecule has 2 saturated carbocycles. The number of ketones is 2. The molecule has 4 rings (SSSR count).